The quantitative estimate of drug-likeness (QED) is 0.485. The Labute approximate surface area is 119 Å². The summed E-state index contributed by atoms with van der Waals surface area (Å²) in [7, 11) is 0. The molecule has 4 heteroatoms. The Kier molecular flexibility index (Phi) is 4.36. The van der Waals surface area contributed by atoms with Crippen LogP contribution in [0.1, 0.15) is 5.56 Å². The molecule has 2 aromatic rings. The molecule has 0 spiro atoms. The first-order valence-corrected chi connectivity index (χ1v) is 6.35. The van der Waals surface area contributed by atoms with E-state index in [0.717, 1.165) is 0 Å². The van der Waals surface area contributed by atoms with Gasteiger partial charge < -0.3 is 0 Å². The fourth-order valence-electron chi connectivity index (χ4n) is 1.40. The van der Waals surface area contributed by atoms with Gasteiger partial charge in [0.1, 0.15) is 0 Å². The molecule has 0 aliphatic rings. The first-order valence-electron chi connectivity index (χ1n) is 5.56. The molecular weight excluding hydrogens is 308 g/mol. The summed E-state index contributed by atoms with van der Waals surface area (Å²) >= 11 is 3.29. The molecule has 96 valence electrons. The number of carbonyl (C=O) groups excluding carboxylic acids is 1. The Hall–Kier alpha value is -2.07. The third kappa shape index (κ3) is 3.45. The van der Waals surface area contributed by atoms with Gasteiger partial charge in [0.15, 0.2) is 5.75 Å². The zero-order chi connectivity index (χ0) is 13.7. The van der Waals surface area contributed by atoms with E-state index >= 15 is 0 Å². The van der Waals surface area contributed by atoms with Crippen molar-refractivity contribution in [2.75, 3.05) is 0 Å². The molecule has 0 aromatic heterocycles. The van der Waals surface area contributed by atoms with Gasteiger partial charge in [-0.2, -0.15) is 0 Å². The van der Waals surface area contributed by atoms with E-state index in [1.54, 1.807) is 30.3 Å². The van der Waals surface area contributed by atoms with Crippen LogP contribution in [0.3, 0.4) is 0 Å². The van der Waals surface area contributed by atoms with Gasteiger partial charge in [-0.25, -0.2) is 9.68 Å². The summed E-state index contributed by atoms with van der Waals surface area (Å²) in [4.78, 5) is 21.5. The van der Waals surface area contributed by atoms with Crippen LogP contribution < -0.4 is 4.89 Å². The Balaban J connectivity index is 1.99. The zero-order valence-corrected chi connectivity index (χ0v) is 11.6. The summed E-state index contributed by atoms with van der Waals surface area (Å²) in [6.07, 6.45) is 0. The predicted octanol–water partition coefficient (Wildman–Crippen LogP) is 4.00. The summed E-state index contributed by atoms with van der Waals surface area (Å²) in [6.45, 7) is 3.69. The molecule has 0 bridgehead atoms. The molecule has 0 N–H and O–H groups in total. The fourth-order valence-corrected chi connectivity index (χ4v) is 1.75. The summed E-state index contributed by atoms with van der Waals surface area (Å²) < 4.78 is 0.702. The first kappa shape index (κ1) is 13.4. The van der Waals surface area contributed by atoms with Crippen molar-refractivity contribution in [3.8, 4) is 5.75 Å². The molecule has 2 rings (SSSR count). The Bertz CT molecular complexity index is 593. The van der Waals surface area contributed by atoms with Crippen LogP contribution in [-0.2, 0) is 9.68 Å². The lowest BCUT2D eigenvalue weighted by atomic mass is 10.1. The third-order valence-electron chi connectivity index (χ3n) is 2.41. The van der Waals surface area contributed by atoms with Crippen LogP contribution >= 0.6 is 15.9 Å². The maximum atomic E-state index is 11.8. The minimum atomic E-state index is -0.623. The van der Waals surface area contributed by atoms with Crippen LogP contribution in [-0.4, -0.2) is 5.97 Å². The molecule has 0 aliphatic carbocycles. The second kappa shape index (κ2) is 6.20. The van der Waals surface area contributed by atoms with Crippen LogP contribution in [0.4, 0.5) is 0 Å². The SMILES string of the molecule is C=C(C(=O)OOc1ccccc1Br)c1ccccc1. The lowest BCUT2D eigenvalue weighted by molar-refractivity contribution is -0.206. The monoisotopic (exact) mass is 318 g/mol. The molecule has 0 fully saturated rings. The topological polar surface area (TPSA) is 35.5 Å². The van der Waals surface area contributed by atoms with Crippen molar-refractivity contribution in [1.82, 2.24) is 0 Å². The summed E-state index contributed by atoms with van der Waals surface area (Å²) in [5, 5.41) is 0. The van der Waals surface area contributed by atoms with Gasteiger partial charge >= 0.3 is 5.97 Å². The molecule has 0 heterocycles. The second-order valence-electron chi connectivity index (χ2n) is 3.73. The van der Waals surface area contributed by atoms with Gasteiger partial charge in [0.2, 0.25) is 0 Å². The van der Waals surface area contributed by atoms with Crippen LogP contribution in [0.15, 0.2) is 65.6 Å². The average molecular weight is 319 g/mol. The van der Waals surface area contributed by atoms with Gasteiger partial charge in [0, 0.05) is 0 Å². The van der Waals surface area contributed by atoms with Gasteiger partial charge in [-0.1, -0.05) is 49.0 Å². The standard InChI is InChI=1S/C15H11BrO3/c1-11(12-7-3-2-4-8-12)15(17)19-18-14-10-6-5-9-13(14)16/h2-10H,1H2. The maximum Gasteiger partial charge on any atom is 0.386 e. The van der Waals surface area contributed by atoms with Crippen molar-refractivity contribution in [1.29, 1.82) is 0 Å². The van der Waals surface area contributed by atoms with Gasteiger partial charge in [-0.15, -0.1) is 0 Å². The minimum absolute atomic E-state index is 0.243. The van der Waals surface area contributed by atoms with E-state index in [-0.39, 0.29) is 5.57 Å². The number of hydrogen-bond acceptors (Lipinski definition) is 3. The van der Waals surface area contributed by atoms with Gasteiger partial charge in [-0.3, -0.25) is 4.89 Å². The largest absolute Gasteiger partial charge is 0.386 e. The van der Waals surface area contributed by atoms with E-state index in [0.29, 0.717) is 15.8 Å². The Morgan fingerprint density at radius 1 is 1.00 bits per heavy atom. The van der Waals surface area contributed by atoms with Crippen LogP contribution in [0.25, 0.3) is 5.57 Å². The highest BCUT2D eigenvalue weighted by molar-refractivity contribution is 9.10. The van der Waals surface area contributed by atoms with Crippen LogP contribution in [0.2, 0.25) is 0 Å². The highest BCUT2D eigenvalue weighted by Crippen LogP contribution is 2.24. The molecule has 2 aromatic carbocycles. The van der Waals surface area contributed by atoms with E-state index in [9.17, 15) is 4.79 Å². The molecule has 3 nitrogen and oxygen atoms in total. The molecule has 0 unspecified atom stereocenters. The number of carbonyl (C=O) groups is 1. The third-order valence-corrected chi connectivity index (χ3v) is 3.07. The molecule has 19 heavy (non-hydrogen) atoms. The lowest BCUT2D eigenvalue weighted by Crippen LogP contribution is -2.09. The van der Waals surface area contributed by atoms with E-state index in [1.165, 1.54) is 0 Å². The summed E-state index contributed by atoms with van der Waals surface area (Å²) in [6, 6.07) is 16.1. The summed E-state index contributed by atoms with van der Waals surface area (Å²) in [5.41, 5.74) is 0.941. The van der Waals surface area contributed by atoms with Gasteiger partial charge in [0.05, 0.1) is 10.0 Å². The van der Waals surface area contributed by atoms with E-state index in [4.69, 9.17) is 9.78 Å². The molecular formula is C15H11BrO3. The number of rotatable bonds is 4. The number of para-hydroxylation sites is 1. The van der Waals surface area contributed by atoms with Gasteiger partial charge in [0.25, 0.3) is 0 Å². The van der Waals surface area contributed by atoms with Crippen LogP contribution in [0.5, 0.6) is 5.75 Å². The van der Waals surface area contributed by atoms with Crippen molar-refractivity contribution in [3.05, 3.63) is 71.2 Å². The molecule has 0 atom stereocenters. The molecule has 0 aliphatic heterocycles. The zero-order valence-electron chi connectivity index (χ0n) is 10.0. The number of halogens is 1. The average Bonchev–Trinajstić information content (AvgIpc) is 2.46. The minimum Gasteiger partial charge on any atom is -0.285 e. The van der Waals surface area contributed by atoms with E-state index < -0.39 is 5.97 Å². The molecule has 0 saturated heterocycles. The van der Waals surface area contributed by atoms with Crippen molar-refractivity contribution in [2.24, 2.45) is 0 Å². The lowest BCUT2D eigenvalue weighted by Gasteiger charge is -2.07. The fraction of sp³-hybridized carbons (Fsp3) is 0. The van der Waals surface area contributed by atoms with E-state index in [2.05, 4.69) is 22.5 Å². The van der Waals surface area contributed by atoms with Crippen molar-refractivity contribution < 1.29 is 14.6 Å². The predicted molar refractivity (Wildman–Crippen MR) is 76.3 cm³/mol. The number of hydrogen-bond donors (Lipinski definition) is 0. The smallest absolute Gasteiger partial charge is 0.285 e. The second-order valence-corrected chi connectivity index (χ2v) is 4.58. The van der Waals surface area contributed by atoms with E-state index in [1.807, 2.05) is 24.3 Å². The van der Waals surface area contributed by atoms with Crippen LogP contribution in [0, 0.1) is 0 Å². The first-order chi connectivity index (χ1) is 9.18. The Morgan fingerprint density at radius 3 is 2.32 bits per heavy atom. The molecule has 0 radical (unpaired) electrons. The summed E-state index contributed by atoms with van der Waals surface area (Å²) in [5.74, 6) is -0.196. The highest BCUT2D eigenvalue weighted by Gasteiger charge is 2.13. The highest BCUT2D eigenvalue weighted by atomic mass is 79.9. The molecule has 0 amide bonds. The normalized spacial score (nSPS) is 9.74. The maximum absolute atomic E-state index is 11.8. The van der Waals surface area contributed by atoms with Crippen molar-refractivity contribution in [2.45, 2.75) is 0 Å². The van der Waals surface area contributed by atoms with Gasteiger partial charge in [-0.05, 0) is 33.6 Å². The van der Waals surface area contributed by atoms with Crippen molar-refractivity contribution >= 4 is 27.5 Å². The number of benzene rings is 2. The van der Waals surface area contributed by atoms with Crippen molar-refractivity contribution in [3.63, 3.8) is 0 Å². The molecule has 0 saturated carbocycles. The Morgan fingerprint density at radius 2 is 1.63 bits per heavy atom.